The second-order valence-electron chi connectivity index (χ2n) is 3.88. The molecule has 1 unspecified atom stereocenters. The topological polar surface area (TPSA) is 105 Å². The smallest absolute Gasteiger partial charge is 0.355 e. The zero-order chi connectivity index (χ0) is 13.2. The summed E-state index contributed by atoms with van der Waals surface area (Å²) in [4.78, 5) is 24.9. The minimum absolute atomic E-state index is 0.236. The Labute approximate surface area is 98.8 Å². The van der Waals surface area contributed by atoms with Crippen LogP contribution in [0.3, 0.4) is 0 Å². The molecule has 0 radical (unpaired) electrons. The van der Waals surface area contributed by atoms with Gasteiger partial charge < -0.3 is 20.6 Å². The highest BCUT2D eigenvalue weighted by atomic mass is 16.5. The molecule has 17 heavy (non-hydrogen) atoms. The van der Waals surface area contributed by atoms with Crippen molar-refractivity contribution in [2.45, 2.75) is 26.9 Å². The van der Waals surface area contributed by atoms with Crippen molar-refractivity contribution in [2.24, 2.45) is 5.73 Å². The first-order valence-electron chi connectivity index (χ1n) is 5.17. The first-order chi connectivity index (χ1) is 7.84. The number of hydrogen-bond donors (Lipinski definition) is 3. The Balaban J connectivity index is 2.96. The molecule has 6 heteroatoms. The molecule has 1 heterocycles. The Morgan fingerprint density at radius 3 is 2.47 bits per heavy atom. The number of aliphatic hydroxyl groups excluding tert-OH is 1. The van der Waals surface area contributed by atoms with Crippen LogP contribution in [0, 0.1) is 13.8 Å². The second kappa shape index (κ2) is 5.01. The van der Waals surface area contributed by atoms with Crippen LogP contribution >= 0.6 is 0 Å². The highest BCUT2D eigenvalue weighted by molar-refractivity contribution is 5.91. The molecule has 0 spiro atoms. The Bertz CT molecular complexity index is 449. The van der Waals surface area contributed by atoms with Gasteiger partial charge in [0.15, 0.2) is 6.61 Å². The maximum atomic E-state index is 11.6. The number of aromatic nitrogens is 1. The van der Waals surface area contributed by atoms with Crippen LogP contribution in [0.25, 0.3) is 0 Å². The maximum Gasteiger partial charge on any atom is 0.355 e. The molecule has 1 atom stereocenters. The number of aliphatic hydroxyl groups is 1. The van der Waals surface area contributed by atoms with Gasteiger partial charge >= 0.3 is 5.97 Å². The number of nitrogens with two attached hydrogens (primary N) is 1. The summed E-state index contributed by atoms with van der Waals surface area (Å²) in [5, 5.41) is 9.55. The summed E-state index contributed by atoms with van der Waals surface area (Å²) in [5.74, 6) is -1.37. The molecule has 1 amide bonds. The highest BCUT2D eigenvalue weighted by Crippen LogP contribution is 2.24. The third-order valence-electron chi connectivity index (χ3n) is 2.46. The summed E-state index contributed by atoms with van der Waals surface area (Å²) in [6.07, 6.45) is -0.677. The highest BCUT2D eigenvalue weighted by Gasteiger charge is 2.21. The van der Waals surface area contributed by atoms with Crippen molar-refractivity contribution in [3.63, 3.8) is 0 Å². The number of H-pyrrole nitrogens is 1. The van der Waals surface area contributed by atoms with Crippen LogP contribution in [0.4, 0.5) is 0 Å². The average molecular weight is 240 g/mol. The summed E-state index contributed by atoms with van der Waals surface area (Å²) in [7, 11) is 0. The zero-order valence-corrected chi connectivity index (χ0v) is 10.0. The van der Waals surface area contributed by atoms with E-state index in [9.17, 15) is 14.7 Å². The van der Waals surface area contributed by atoms with Gasteiger partial charge in [0.2, 0.25) is 0 Å². The normalized spacial score (nSPS) is 12.2. The van der Waals surface area contributed by atoms with Gasteiger partial charge in [-0.25, -0.2) is 4.79 Å². The number of aromatic amines is 1. The van der Waals surface area contributed by atoms with Gasteiger partial charge in [0.25, 0.3) is 5.91 Å². The first-order valence-corrected chi connectivity index (χ1v) is 5.17. The third-order valence-corrected chi connectivity index (χ3v) is 2.46. The number of esters is 1. The van der Waals surface area contributed by atoms with Crippen molar-refractivity contribution in [3.8, 4) is 0 Å². The first kappa shape index (κ1) is 13.2. The van der Waals surface area contributed by atoms with Gasteiger partial charge in [-0.15, -0.1) is 0 Å². The summed E-state index contributed by atoms with van der Waals surface area (Å²) in [6.45, 7) is 4.61. The molecule has 94 valence electrons. The molecule has 1 rings (SSSR count). The molecule has 1 aromatic rings. The fraction of sp³-hybridized carbons (Fsp3) is 0.455. The van der Waals surface area contributed by atoms with Crippen molar-refractivity contribution in [2.75, 3.05) is 6.61 Å². The molecule has 0 saturated carbocycles. The molecule has 0 aliphatic heterocycles. The van der Waals surface area contributed by atoms with Gasteiger partial charge in [-0.3, -0.25) is 4.79 Å². The monoisotopic (exact) mass is 240 g/mol. The molecule has 0 saturated heterocycles. The van der Waals surface area contributed by atoms with Crippen LogP contribution in [0.1, 0.15) is 40.3 Å². The molecule has 1 aromatic heterocycles. The predicted octanol–water partition coefficient (Wildman–Crippen LogP) is 0.327. The number of aryl methyl sites for hydroxylation is 1. The molecule has 0 aliphatic rings. The van der Waals surface area contributed by atoms with Crippen LogP contribution in [0.15, 0.2) is 0 Å². The number of carbonyl (C=O) groups is 2. The molecule has 0 aliphatic carbocycles. The van der Waals surface area contributed by atoms with Gasteiger partial charge in [-0.1, -0.05) is 0 Å². The van der Waals surface area contributed by atoms with Gasteiger partial charge in [0.1, 0.15) is 5.69 Å². The Hall–Kier alpha value is -1.82. The fourth-order valence-electron chi connectivity index (χ4n) is 1.80. The lowest BCUT2D eigenvalue weighted by atomic mass is 10.1. The number of nitrogens with one attached hydrogen (secondary N) is 1. The lowest BCUT2D eigenvalue weighted by Crippen LogP contribution is -2.21. The average Bonchev–Trinajstić information content (AvgIpc) is 2.50. The van der Waals surface area contributed by atoms with E-state index in [-0.39, 0.29) is 5.69 Å². The standard InChI is InChI=1S/C11H16N2O4/c1-5-9(7(3)14)6(2)13-10(5)11(16)17-4-8(12)15/h7,13-14H,4H2,1-3H3,(H2,12,15). The van der Waals surface area contributed by atoms with Crippen molar-refractivity contribution < 1.29 is 19.4 Å². The van der Waals surface area contributed by atoms with E-state index in [1.165, 1.54) is 0 Å². The number of carbonyl (C=O) groups excluding carboxylic acids is 2. The van der Waals surface area contributed by atoms with E-state index in [4.69, 9.17) is 10.5 Å². The van der Waals surface area contributed by atoms with E-state index in [0.717, 1.165) is 0 Å². The Morgan fingerprint density at radius 1 is 1.47 bits per heavy atom. The lowest BCUT2D eigenvalue weighted by Gasteiger charge is -2.05. The van der Waals surface area contributed by atoms with Crippen LogP contribution in [0.2, 0.25) is 0 Å². The lowest BCUT2D eigenvalue weighted by molar-refractivity contribution is -0.121. The third kappa shape index (κ3) is 2.85. The second-order valence-corrected chi connectivity index (χ2v) is 3.88. The number of rotatable bonds is 4. The van der Waals surface area contributed by atoms with Crippen LogP contribution < -0.4 is 5.73 Å². The minimum atomic E-state index is -0.713. The Morgan fingerprint density at radius 2 is 2.06 bits per heavy atom. The molecule has 0 aromatic carbocycles. The number of ether oxygens (including phenoxy) is 1. The van der Waals surface area contributed by atoms with E-state index in [1.807, 2.05) is 0 Å². The van der Waals surface area contributed by atoms with Crippen molar-refractivity contribution in [3.05, 3.63) is 22.5 Å². The van der Waals surface area contributed by atoms with Crippen molar-refractivity contribution in [1.29, 1.82) is 0 Å². The number of hydrogen-bond acceptors (Lipinski definition) is 4. The summed E-state index contributed by atoms with van der Waals surface area (Å²) in [6, 6.07) is 0. The molecule has 0 fully saturated rings. The van der Waals surface area contributed by atoms with E-state index in [2.05, 4.69) is 4.98 Å². The van der Waals surface area contributed by atoms with E-state index in [1.54, 1.807) is 20.8 Å². The van der Waals surface area contributed by atoms with Crippen LogP contribution in [-0.4, -0.2) is 28.6 Å². The summed E-state index contributed by atoms with van der Waals surface area (Å²) < 4.78 is 4.69. The van der Waals surface area contributed by atoms with Gasteiger partial charge in [-0.2, -0.15) is 0 Å². The number of primary amides is 1. The van der Waals surface area contributed by atoms with E-state index >= 15 is 0 Å². The maximum absolute atomic E-state index is 11.6. The summed E-state index contributed by atoms with van der Waals surface area (Å²) >= 11 is 0. The summed E-state index contributed by atoms with van der Waals surface area (Å²) in [5.41, 5.74) is 7.09. The van der Waals surface area contributed by atoms with E-state index in [0.29, 0.717) is 16.8 Å². The molecule has 0 bridgehead atoms. The van der Waals surface area contributed by atoms with Crippen LogP contribution in [-0.2, 0) is 9.53 Å². The predicted molar refractivity (Wildman–Crippen MR) is 60.4 cm³/mol. The largest absolute Gasteiger partial charge is 0.451 e. The van der Waals surface area contributed by atoms with E-state index < -0.39 is 24.6 Å². The van der Waals surface area contributed by atoms with Crippen molar-refractivity contribution in [1.82, 2.24) is 4.98 Å². The Kier molecular flexibility index (Phi) is 3.90. The molecular weight excluding hydrogens is 224 g/mol. The molecule has 4 N–H and O–H groups in total. The quantitative estimate of drug-likeness (QED) is 0.659. The zero-order valence-electron chi connectivity index (χ0n) is 10.0. The number of amides is 1. The SMILES string of the molecule is Cc1[nH]c(C(=O)OCC(N)=O)c(C)c1C(C)O. The van der Waals surface area contributed by atoms with Crippen molar-refractivity contribution >= 4 is 11.9 Å². The fourth-order valence-corrected chi connectivity index (χ4v) is 1.80. The minimum Gasteiger partial charge on any atom is -0.451 e. The van der Waals surface area contributed by atoms with Gasteiger partial charge in [0, 0.05) is 11.3 Å². The molecule has 6 nitrogen and oxygen atoms in total. The van der Waals surface area contributed by atoms with Crippen LogP contribution in [0.5, 0.6) is 0 Å². The van der Waals surface area contributed by atoms with Gasteiger partial charge in [0.05, 0.1) is 6.10 Å². The van der Waals surface area contributed by atoms with Gasteiger partial charge in [-0.05, 0) is 26.3 Å². The molecular formula is C11H16N2O4.